The minimum absolute atomic E-state index is 0.163. The van der Waals surface area contributed by atoms with E-state index >= 15 is 0 Å². The lowest BCUT2D eigenvalue weighted by atomic mass is 10.2. The topological polar surface area (TPSA) is 97.4 Å². The lowest BCUT2D eigenvalue weighted by Gasteiger charge is -2.27. The highest BCUT2D eigenvalue weighted by Gasteiger charge is 2.23. The van der Waals surface area contributed by atoms with Crippen LogP contribution < -0.4 is 4.90 Å². The van der Waals surface area contributed by atoms with E-state index in [0.717, 1.165) is 5.56 Å². The second-order valence-corrected chi connectivity index (χ2v) is 6.01. The number of aromatic nitrogens is 4. The van der Waals surface area contributed by atoms with Gasteiger partial charge in [-0.2, -0.15) is 0 Å². The molecule has 4 aromatic rings. The molecule has 1 saturated heterocycles. The maximum absolute atomic E-state index is 9.81. The third-order valence-electron chi connectivity index (χ3n) is 4.35. The van der Waals surface area contributed by atoms with Gasteiger partial charge >= 0.3 is 0 Å². The molecule has 0 amide bonds. The van der Waals surface area contributed by atoms with Gasteiger partial charge in [0.25, 0.3) is 0 Å². The number of anilines is 1. The zero-order chi connectivity index (χ0) is 17.5. The largest absolute Gasteiger partial charge is 0.508 e. The molecule has 8 nitrogen and oxygen atoms in total. The average Bonchev–Trinajstić information content (AvgIpc) is 3.06. The van der Waals surface area contributed by atoms with Crippen molar-refractivity contribution < 1.29 is 14.3 Å². The van der Waals surface area contributed by atoms with Crippen LogP contribution in [-0.2, 0) is 4.74 Å². The third kappa shape index (κ3) is 2.42. The molecule has 5 rings (SSSR count). The summed E-state index contributed by atoms with van der Waals surface area (Å²) in [6.07, 6.45) is 3.20. The van der Waals surface area contributed by atoms with Crippen LogP contribution in [-0.4, -0.2) is 51.3 Å². The van der Waals surface area contributed by atoms with Crippen LogP contribution in [0.1, 0.15) is 0 Å². The molecule has 1 aliphatic rings. The van der Waals surface area contributed by atoms with Crippen molar-refractivity contribution in [2.45, 2.75) is 0 Å². The fourth-order valence-electron chi connectivity index (χ4n) is 3.12. The van der Waals surface area contributed by atoms with Gasteiger partial charge in [0.15, 0.2) is 22.7 Å². The molecule has 130 valence electrons. The Hall–Kier alpha value is -3.26. The Morgan fingerprint density at radius 3 is 2.69 bits per heavy atom. The standard InChI is InChI=1S/C18H15N5O3/c24-12-3-1-2-11(10-12)16-21-13-14-18(20-5-4-19-14)26-15(13)17(22-16)23-6-8-25-9-7-23/h1-5,10,24H,6-9H2. The van der Waals surface area contributed by atoms with Gasteiger partial charge in [0.1, 0.15) is 11.3 Å². The van der Waals surface area contributed by atoms with Crippen LogP contribution >= 0.6 is 0 Å². The lowest BCUT2D eigenvalue weighted by Crippen LogP contribution is -2.37. The molecule has 26 heavy (non-hydrogen) atoms. The van der Waals surface area contributed by atoms with Crippen LogP contribution in [0.3, 0.4) is 0 Å². The number of hydrogen-bond donors (Lipinski definition) is 1. The summed E-state index contributed by atoms with van der Waals surface area (Å²) in [5.74, 6) is 1.36. The van der Waals surface area contributed by atoms with Gasteiger partial charge in [0.05, 0.1) is 13.2 Å². The van der Waals surface area contributed by atoms with Gasteiger partial charge in [-0.1, -0.05) is 12.1 Å². The maximum atomic E-state index is 9.81. The first kappa shape index (κ1) is 15.0. The van der Waals surface area contributed by atoms with E-state index in [0.29, 0.717) is 60.3 Å². The molecule has 0 spiro atoms. The first-order valence-corrected chi connectivity index (χ1v) is 8.33. The van der Waals surface area contributed by atoms with Gasteiger partial charge in [-0.05, 0) is 12.1 Å². The van der Waals surface area contributed by atoms with Gasteiger partial charge in [0, 0.05) is 31.0 Å². The Morgan fingerprint density at radius 1 is 1.00 bits per heavy atom. The number of rotatable bonds is 2. The van der Waals surface area contributed by atoms with E-state index in [4.69, 9.17) is 14.1 Å². The smallest absolute Gasteiger partial charge is 0.248 e. The number of nitrogens with zero attached hydrogens (tertiary/aromatic N) is 5. The van der Waals surface area contributed by atoms with E-state index in [1.165, 1.54) is 0 Å². The predicted octanol–water partition coefficient (Wildman–Crippen LogP) is 2.38. The van der Waals surface area contributed by atoms with E-state index < -0.39 is 0 Å². The van der Waals surface area contributed by atoms with Gasteiger partial charge in [-0.3, -0.25) is 0 Å². The Bertz CT molecular complexity index is 1100. The SMILES string of the molecule is Oc1cccc(-c2nc(N3CCOCC3)c3oc4nccnc4c3n2)c1. The molecule has 0 radical (unpaired) electrons. The van der Waals surface area contributed by atoms with Gasteiger partial charge in [-0.25, -0.2) is 19.9 Å². The number of fused-ring (bicyclic) bond motifs is 3. The molecule has 1 aliphatic heterocycles. The number of benzene rings is 1. The van der Waals surface area contributed by atoms with Gasteiger partial charge in [0.2, 0.25) is 5.71 Å². The summed E-state index contributed by atoms with van der Waals surface area (Å²) in [5.41, 5.74) is 2.93. The zero-order valence-electron chi connectivity index (χ0n) is 13.8. The Kier molecular flexibility index (Phi) is 3.42. The van der Waals surface area contributed by atoms with Crippen molar-refractivity contribution in [3.63, 3.8) is 0 Å². The Balaban J connectivity index is 1.79. The fourth-order valence-corrected chi connectivity index (χ4v) is 3.12. The number of phenolic OH excluding ortho intramolecular Hbond substituents is 1. The molecule has 3 aromatic heterocycles. The summed E-state index contributed by atoms with van der Waals surface area (Å²) >= 11 is 0. The molecular weight excluding hydrogens is 334 g/mol. The summed E-state index contributed by atoms with van der Waals surface area (Å²) in [6.45, 7) is 2.68. The number of morpholine rings is 1. The summed E-state index contributed by atoms with van der Waals surface area (Å²) < 4.78 is 11.4. The van der Waals surface area contributed by atoms with Gasteiger partial charge < -0.3 is 19.2 Å². The minimum Gasteiger partial charge on any atom is -0.508 e. The molecule has 0 aliphatic carbocycles. The molecule has 0 bridgehead atoms. The first-order valence-electron chi connectivity index (χ1n) is 8.33. The van der Waals surface area contributed by atoms with Crippen LogP contribution in [0.5, 0.6) is 5.75 Å². The predicted molar refractivity (Wildman–Crippen MR) is 95.0 cm³/mol. The number of hydrogen-bond acceptors (Lipinski definition) is 8. The molecule has 0 saturated carbocycles. The van der Waals surface area contributed by atoms with Crippen molar-refractivity contribution in [1.29, 1.82) is 0 Å². The number of furan rings is 1. The Morgan fingerprint density at radius 2 is 1.85 bits per heavy atom. The average molecular weight is 349 g/mol. The molecule has 1 N–H and O–H groups in total. The van der Waals surface area contributed by atoms with Crippen molar-refractivity contribution in [2.24, 2.45) is 0 Å². The summed E-state index contributed by atoms with van der Waals surface area (Å²) in [5, 5.41) is 9.81. The van der Waals surface area contributed by atoms with Crippen molar-refractivity contribution in [3.05, 3.63) is 36.7 Å². The summed E-state index contributed by atoms with van der Waals surface area (Å²) in [7, 11) is 0. The molecular formula is C18H15N5O3. The normalized spacial score (nSPS) is 15.0. The lowest BCUT2D eigenvalue weighted by molar-refractivity contribution is 0.122. The summed E-state index contributed by atoms with van der Waals surface area (Å²) in [6, 6.07) is 6.87. The van der Waals surface area contributed by atoms with E-state index in [2.05, 4.69) is 19.9 Å². The van der Waals surface area contributed by atoms with E-state index in [9.17, 15) is 5.11 Å². The van der Waals surface area contributed by atoms with Crippen molar-refractivity contribution >= 4 is 28.1 Å². The molecule has 1 fully saturated rings. The monoisotopic (exact) mass is 349 g/mol. The highest BCUT2D eigenvalue weighted by Crippen LogP contribution is 2.33. The van der Waals surface area contributed by atoms with Crippen molar-refractivity contribution in [2.75, 3.05) is 31.2 Å². The highest BCUT2D eigenvalue weighted by molar-refractivity contribution is 6.03. The summed E-state index contributed by atoms with van der Waals surface area (Å²) in [4.78, 5) is 20.1. The molecule has 1 aromatic carbocycles. The van der Waals surface area contributed by atoms with Crippen LogP contribution in [0.2, 0.25) is 0 Å². The van der Waals surface area contributed by atoms with Crippen molar-refractivity contribution in [3.8, 4) is 17.1 Å². The second kappa shape index (κ2) is 5.92. The fraction of sp³-hybridized carbons (Fsp3) is 0.222. The first-order chi connectivity index (χ1) is 12.8. The Labute approximate surface area is 148 Å². The highest BCUT2D eigenvalue weighted by atomic mass is 16.5. The minimum atomic E-state index is 0.163. The number of ether oxygens (including phenoxy) is 1. The number of aromatic hydroxyl groups is 1. The van der Waals surface area contributed by atoms with Crippen LogP contribution in [0, 0.1) is 0 Å². The van der Waals surface area contributed by atoms with E-state index in [-0.39, 0.29) is 5.75 Å². The second-order valence-electron chi connectivity index (χ2n) is 6.01. The van der Waals surface area contributed by atoms with Crippen LogP contribution in [0.4, 0.5) is 5.82 Å². The molecule has 8 heteroatoms. The molecule has 0 atom stereocenters. The maximum Gasteiger partial charge on any atom is 0.248 e. The zero-order valence-corrected chi connectivity index (χ0v) is 13.8. The number of phenols is 1. The van der Waals surface area contributed by atoms with Crippen LogP contribution in [0.15, 0.2) is 41.1 Å². The molecule has 4 heterocycles. The quantitative estimate of drug-likeness (QED) is 0.589. The molecule has 0 unspecified atom stereocenters. The third-order valence-corrected chi connectivity index (χ3v) is 4.35. The van der Waals surface area contributed by atoms with Crippen LogP contribution in [0.25, 0.3) is 33.7 Å². The van der Waals surface area contributed by atoms with Crippen molar-refractivity contribution in [1.82, 2.24) is 19.9 Å². The van der Waals surface area contributed by atoms with E-state index in [1.54, 1.807) is 30.6 Å². The van der Waals surface area contributed by atoms with Gasteiger partial charge in [-0.15, -0.1) is 0 Å². The van der Waals surface area contributed by atoms with E-state index in [1.807, 2.05) is 6.07 Å².